The molecule has 1 aliphatic rings. The maximum Gasteiger partial charge on any atom is 0.251 e. The van der Waals surface area contributed by atoms with Gasteiger partial charge in [-0.25, -0.2) is 0 Å². The Morgan fingerprint density at radius 3 is 2.89 bits per heavy atom. The van der Waals surface area contributed by atoms with Gasteiger partial charge < -0.3 is 5.32 Å². The van der Waals surface area contributed by atoms with E-state index in [1.807, 2.05) is 13.0 Å². The third kappa shape index (κ3) is 4.12. The van der Waals surface area contributed by atoms with E-state index in [-0.39, 0.29) is 11.3 Å². The van der Waals surface area contributed by atoms with Gasteiger partial charge in [-0.15, -0.1) is 11.6 Å². The maximum atomic E-state index is 12.0. The van der Waals surface area contributed by atoms with Crippen LogP contribution in [0.1, 0.15) is 41.6 Å². The fraction of sp³-hybridized carbons (Fsp3) is 0.533. The van der Waals surface area contributed by atoms with Crippen LogP contribution in [0.25, 0.3) is 0 Å². The molecule has 1 aliphatic carbocycles. The van der Waals surface area contributed by atoms with Gasteiger partial charge in [-0.05, 0) is 55.9 Å². The van der Waals surface area contributed by atoms with Crippen molar-refractivity contribution in [1.82, 2.24) is 5.32 Å². The minimum Gasteiger partial charge on any atom is -0.352 e. The molecular formula is C15H19Cl2NO. The second-order valence-electron chi connectivity index (χ2n) is 5.30. The zero-order chi connectivity index (χ0) is 13.8. The zero-order valence-electron chi connectivity index (χ0n) is 11.1. The number of benzene rings is 1. The van der Waals surface area contributed by atoms with Gasteiger partial charge in [0.2, 0.25) is 0 Å². The highest BCUT2D eigenvalue weighted by molar-refractivity contribution is 6.31. The first kappa shape index (κ1) is 14.7. The van der Waals surface area contributed by atoms with Gasteiger partial charge in [0.15, 0.2) is 0 Å². The van der Waals surface area contributed by atoms with Crippen LogP contribution in [0.2, 0.25) is 5.02 Å². The van der Waals surface area contributed by atoms with E-state index < -0.39 is 0 Å². The lowest BCUT2D eigenvalue weighted by Crippen LogP contribution is -2.32. The summed E-state index contributed by atoms with van der Waals surface area (Å²) in [6.45, 7) is 2.61. The van der Waals surface area contributed by atoms with Crippen LogP contribution in [0.4, 0.5) is 0 Å². The average Bonchev–Trinajstić information content (AvgIpc) is 2.39. The Morgan fingerprint density at radius 1 is 1.42 bits per heavy atom. The second-order valence-corrected chi connectivity index (χ2v) is 6.33. The molecule has 2 rings (SSSR count). The molecule has 1 aromatic rings. The summed E-state index contributed by atoms with van der Waals surface area (Å²) in [5, 5.41) is 3.96. The van der Waals surface area contributed by atoms with Gasteiger partial charge in [0.1, 0.15) is 0 Å². The number of carbonyl (C=O) groups is 1. The highest BCUT2D eigenvalue weighted by atomic mass is 35.5. The molecule has 0 saturated heterocycles. The fourth-order valence-electron chi connectivity index (χ4n) is 2.54. The molecule has 2 unspecified atom stereocenters. The van der Waals surface area contributed by atoms with Crippen molar-refractivity contribution in [3.63, 3.8) is 0 Å². The summed E-state index contributed by atoms with van der Waals surface area (Å²) in [7, 11) is 0. The Balaban J connectivity index is 1.88. The average molecular weight is 300 g/mol. The largest absolute Gasteiger partial charge is 0.352 e. The lowest BCUT2D eigenvalue weighted by molar-refractivity contribution is 0.0943. The SMILES string of the molecule is Cc1cc(C(=O)NCC2CCCC(Cl)C2)ccc1Cl. The number of hydrogen-bond donors (Lipinski definition) is 1. The van der Waals surface area contributed by atoms with Crippen molar-refractivity contribution in [3.8, 4) is 0 Å². The minimum atomic E-state index is -0.0311. The Labute approximate surface area is 124 Å². The molecule has 19 heavy (non-hydrogen) atoms. The normalized spacial score (nSPS) is 23.1. The van der Waals surface area contributed by atoms with Crippen LogP contribution in [-0.2, 0) is 0 Å². The Bertz CT molecular complexity index is 461. The molecule has 104 valence electrons. The summed E-state index contributed by atoms with van der Waals surface area (Å²) in [4.78, 5) is 12.0. The molecule has 0 aromatic heterocycles. The van der Waals surface area contributed by atoms with E-state index in [9.17, 15) is 4.79 Å². The maximum absolute atomic E-state index is 12.0. The van der Waals surface area contributed by atoms with Gasteiger partial charge in [0.05, 0.1) is 0 Å². The number of aryl methyl sites for hydroxylation is 1. The van der Waals surface area contributed by atoms with Gasteiger partial charge in [-0.1, -0.05) is 18.0 Å². The van der Waals surface area contributed by atoms with Crippen LogP contribution in [0.3, 0.4) is 0 Å². The van der Waals surface area contributed by atoms with E-state index in [0.717, 1.165) is 31.2 Å². The van der Waals surface area contributed by atoms with E-state index in [4.69, 9.17) is 23.2 Å². The molecule has 4 heteroatoms. The first-order chi connectivity index (χ1) is 9.06. The Hall–Kier alpha value is -0.730. The van der Waals surface area contributed by atoms with Crippen molar-refractivity contribution >= 4 is 29.1 Å². The van der Waals surface area contributed by atoms with Gasteiger partial charge in [0, 0.05) is 22.5 Å². The molecule has 1 amide bonds. The van der Waals surface area contributed by atoms with Gasteiger partial charge >= 0.3 is 0 Å². The zero-order valence-corrected chi connectivity index (χ0v) is 12.6. The second kappa shape index (κ2) is 6.62. The predicted octanol–water partition coefficient (Wildman–Crippen LogP) is 4.18. The minimum absolute atomic E-state index is 0.0311. The summed E-state index contributed by atoms with van der Waals surface area (Å²) in [6.07, 6.45) is 4.42. The molecular weight excluding hydrogens is 281 g/mol. The number of carbonyl (C=O) groups excluding carboxylic acids is 1. The van der Waals surface area contributed by atoms with E-state index in [2.05, 4.69) is 5.32 Å². The lowest BCUT2D eigenvalue weighted by atomic mass is 9.89. The van der Waals surface area contributed by atoms with E-state index in [1.54, 1.807) is 12.1 Å². The van der Waals surface area contributed by atoms with E-state index >= 15 is 0 Å². The molecule has 1 aromatic carbocycles. The number of nitrogens with one attached hydrogen (secondary N) is 1. The predicted molar refractivity (Wildman–Crippen MR) is 80.1 cm³/mol. The van der Waals surface area contributed by atoms with Crippen LogP contribution < -0.4 is 5.32 Å². The van der Waals surface area contributed by atoms with Gasteiger partial charge in [0.25, 0.3) is 5.91 Å². The quantitative estimate of drug-likeness (QED) is 0.834. The number of halogens is 2. The summed E-state index contributed by atoms with van der Waals surface area (Å²) >= 11 is 12.1. The number of rotatable bonds is 3. The van der Waals surface area contributed by atoms with Crippen LogP contribution in [0, 0.1) is 12.8 Å². The highest BCUT2D eigenvalue weighted by Crippen LogP contribution is 2.27. The van der Waals surface area contributed by atoms with Gasteiger partial charge in [-0.2, -0.15) is 0 Å². The molecule has 2 atom stereocenters. The Morgan fingerprint density at radius 2 is 2.21 bits per heavy atom. The van der Waals surface area contributed by atoms with Crippen molar-refractivity contribution < 1.29 is 4.79 Å². The summed E-state index contributed by atoms with van der Waals surface area (Å²) in [5.74, 6) is 0.477. The van der Waals surface area contributed by atoms with Crippen LogP contribution in [-0.4, -0.2) is 17.8 Å². The summed E-state index contributed by atoms with van der Waals surface area (Å²) in [5.41, 5.74) is 1.59. The summed E-state index contributed by atoms with van der Waals surface area (Å²) < 4.78 is 0. The lowest BCUT2D eigenvalue weighted by Gasteiger charge is -2.25. The van der Waals surface area contributed by atoms with Crippen molar-refractivity contribution in [2.24, 2.45) is 5.92 Å². The van der Waals surface area contributed by atoms with Crippen molar-refractivity contribution in [1.29, 1.82) is 0 Å². The summed E-state index contributed by atoms with van der Waals surface area (Å²) in [6, 6.07) is 5.35. The molecule has 0 radical (unpaired) electrons. The van der Waals surface area contributed by atoms with Crippen LogP contribution in [0.5, 0.6) is 0 Å². The molecule has 1 fully saturated rings. The molecule has 0 bridgehead atoms. The smallest absolute Gasteiger partial charge is 0.251 e. The number of amides is 1. The topological polar surface area (TPSA) is 29.1 Å². The first-order valence-corrected chi connectivity index (χ1v) is 7.56. The first-order valence-electron chi connectivity index (χ1n) is 6.74. The fourth-order valence-corrected chi connectivity index (χ4v) is 3.06. The highest BCUT2D eigenvalue weighted by Gasteiger charge is 2.20. The van der Waals surface area contributed by atoms with Crippen molar-refractivity contribution in [3.05, 3.63) is 34.3 Å². The number of hydrogen-bond acceptors (Lipinski definition) is 1. The monoisotopic (exact) mass is 299 g/mol. The number of alkyl halides is 1. The third-order valence-electron chi connectivity index (χ3n) is 3.69. The Kier molecular flexibility index (Phi) is 5.12. The molecule has 0 spiro atoms. The van der Waals surface area contributed by atoms with E-state index in [1.165, 1.54) is 0 Å². The molecule has 1 N–H and O–H groups in total. The van der Waals surface area contributed by atoms with Crippen LogP contribution >= 0.6 is 23.2 Å². The van der Waals surface area contributed by atoms with Crippen molar-refractivity contribution in [2.75, 3.05) is 6.54 Å². The third-order valence-corrected chi connectivity index (χ3v) is 4.51. The standard InChI is InChI=1S/C15H19Cl2NO/c1-10-7-12(5-6-14(10)17)15(19)18-9-11-3-2-4-13(16)8-11/h5-7,11,13H,2-4,8-9H2,1H3,(H,18,19). The molecule has 0 aliphatic heterocycles. The molecule has 0 heterocycles. The van der Waals surface area contributed by atoms with Crippen LogP contribution in [0.15, 0.2) is 18.2 Å². The van der Waals surface area contributed by atoms with Crippen molar-refractivity contribution in [2.45, 2.75) is 38.0 Å². The van der Waals surface area contributed by atoms with E-state index in [0.29, 0.717) is 23.0 Å². The molecule has 2 nitrogen and oxygen atoms in total. The molecule has 1 saturated carbocycles. The van der Waals surface area contributed by atoms with Gasteiger partial charge in [-0.3, -0.25) is 4.79 Å².